The number of benzene rings is 1. The molecule has 1 aromatic carbocycles. The molecule has 1 heterocycles. The molecule has 0 bridgehead atoms. The summed E-state index contributed by atoms with van der Waals surface area (Å²) in [5.41, 5.74) is 1.40. The number of ketones is 2. The standard InChI is InChI=1S/C27H30ClN3O3/c28-21-3-1-2-18-12-22(31-25(18)21)23(32)13-19(10-16-4-5-16)26(34)30-20(15-29)11-17-6-7-27(8-9-27)14-24(17)33/h1-3,12,16-17,19-20,31H,4-11,13-14H2,(H,30,34)/t17-,19+,20-/m0/s1. The molecule has 3 aliphatic rings. The lowest BCUT2D eigenvalue weighted by Crippen LogP contribution is -2.41. The van der Waals surface area contributed by atoms with E-state index in [1.165, 1.54) is 0 Å². The van der Waals surface area contributed by atoms with Crippen molar-refractivity contribution in [2.24, 2.45) is 23.2 Å². The van der Waals surface area contributed by atoms with E-state index in [1.54, 1.807) is 12.1 Å². The number of Topliss-reactive ketones (excluding diaryl/α,β-unsaturated/α-hetero) is 2. The van der Waals surface area contributed by atoms with E-state index >= 15 is 0 Å². The molecule has 6 nitrogen and oxygen atoms in total. The fourth-order valence-corrected chi connectivity index (χ4v) is 5.69. The number of aromatic amines is 1. The van der Waals surface area contributed by atoms with E-state index in [0.29, 0.717) is 41.4 Å². The second-order valence-electron chi connectivity index (χ2n) is 10.7. The molecule has 3 saturated carbocycles. The van der Waals surface area contributed by atoms with Gasteiger partial charge in [0.1, 0.15) is 11.8 Å². The van der Waals surface area contributed by atoms with Gasteiger partial charge in [-0.3, -0.25) is 14.4 Å². The number of nitrogens with one attached hydrogen (secondary N) is 2. The summed E-state index contributed by atoms with van der Waals surface area (Å²) < 4.78 is 0. The van der Waals surface area contributed by atoms with Gasteiger partial charge in [-0.1, -0.05) is 36.6 Å². The van der Waals surface area contributed by atoms with E-state index in [1.807, 2.05) is 12.1 Å². The molecule has 0 unspecified atom stereocenters. The molecule has 1 aromatic heterocycles. The van der Waals surface area contributed by atoms with Crippen molar-refractivity contribution in [2.45, 2.75) is 70.3 Å². The van der Waals surface area contributed by atoms with Gasteiger partial charge >= 0.3 is 0 Å². The van der Waals surface area contributed by atoms with Crippen molar-refractivity contribution in [1.29, 1.82) is 5.26 Å². The Kier molecular flexibility index (Phi) is 6.24. The smallest absolute Gasteiger partial charge is 0.224 e. The van der Waals surface area contributed by atoms with Crippen molar-refractivity contribution in [3.05, 3.63) is 35.0 Å². The highest BCUT2D eigenvalue weighted by atomic mass is 35.5. The van der Waals surface area contributed by atoms with Crippen LogP contribution in [0.2, 0.25) is 5.02 Å². The summed E-state index contributed by atoms with van der Waals surface area (Å²) in [6.45, 7) is 0. The lowest BCUT2D eigenvalue weighted by Gasteiger charge is -2.29. The van der Waals surface area contributed by atoms with Crippen LogP contribution >= 0.6 is 11.6 Å². The van der Waals surface area contributed by atoms with E-state index in [0.717, 1.165) is 43.9 Å². The molecule has 0 aliphatic heterocycles. The number of H-pyrrole nitrogens is 1. The minimum absolute atomic E-state index is 0.0792. The Morgan fingerprint density at radius 1 is 1.21 bits per heavy atom. The summed E-state index contributed by atoms with van der Waals surface area (Å²) in [7, 11) is 0. The van der Waals surface area contributed by atoms with E-state index < -0.39 is 12.0 Å². The number of nitriles is 1. The maximum Gasteiger partial charge on any atom is 0.224 e. The fraction of sp³-hybridized carbons (Fsp3) is 0.556. The number of para-hydroxylation sites is 1. The Balaban J connectivity index is 1.23. The lowest BCUT2D eigenvalue weighted by molar-refractivity contribution is -0.128. The van der Waals surface area contributed by atoms with Gasteiger partial charge in [-0.25, -0.2) is 0 Å². The third kappa shape index (κ3) is 5.05. The summed E-state index contributed by atoms with van der Waals surface area (Å²) in [4.78, 5) is 41.9. The van der Waals surface area contributed by atoms with Crippen LogP contribution in [-0.4, -0.2) is 28.5 Å². The molecule has 0 saturated heterocycles. The fourth-order valence-electron chi connectivity index (χ4n) is 5.46. The predicted molar refractivity (Wildman–Crippen MR) is 129 cm³/mol. The van der Waals surface area contributed by atoms with Crippen molar-refractivity contribution in [1.82, 2.24) is 10.3 Å². The number of hydrogen-bond acceptors (Lipinski definition) is 4. The Bertz CT molecular complexity index is 1170. The van der Waals surface area contributed by atoms with Gasteiger partial charge in [-0.05, 0) is 62.0 Å². The van der Waals surface area contributed by atoms with Gasteiger partial charge in [0.25, 0.3) is 0 Å². The molecule has 3 aliphatic carbocycles. The Morgan fingerprint density at radius 3 is 2.65 bits per heavy atom. The zero-order valence-electron chi connectivity index (χ0n) is 19.2. The van der Waals surface area contributed by atoms with Crippen LogP contribution in [0.3, 0.4) is 0 Å². The summed E-state index contributed by atoms with van der Waals surface area (Å²) in [5, 5.41) is 14.0. The lowest BCUT2D eigenvalue weighted by atomic mass is 9.76. The zero-order chi connectivity index (χ0) is 23.9. The van der Waals surface area contributed by atoms with Crippen LogP contribution in [0.25, 0.3) is 10.9 Å². The molecule has 3 fully saturated rings. The SMILES string of the molecule is N#C[C@H](C[C@@H]1CCC2(CC2)CC1=O)NC(=O)[C@@H](CC(=O)c1cc2cccc(Cl)c2[nH]1)CC1CC1. The largest absolute Gasteiger partial charge is 0.351 e. The number of carbonyl (C=O) groups excluding carboxylic acids is 3. The second-order valence-corrected chi connectivity index (χ2v) is 11.1. The molecule has 178 valence electrons. The van der Waals surface area contributed by atoms with Gasteiger partial charge in [0.05, 0.1) is 22.3 Å². The number of halogens is 1. The first-order valence-corrected chi connectivity index (χ1v) is 12.8. The van der Waals surface area contributed by atoms with Gasteiger partial charge < -0.3 is 10.3 Å². The molecule has 5 rings (SSSR count). The zero-order valence-corrected chi connectivity index (χ0v) is 20.0. The van der Waals surface area contributed by atoms with Crippen molar-refractivity contribution in [3.63, 3.8) is 0 Å². The Hall–Kier alpha value is -2.65. The van der Waals surface area contributed by atoms with Gasteiger partial charge in [0, 0.05) is 30.1 Å². The van der Waals surface area contributed by atoms with Gasteiger partial charge in [-0.15, -0.1) is 0 Å². The molecule has 3 atom stereocenters. The first-order valence-electron chi connectivity index (χ1n) is 12.4. The number of fused-ring (bicyclic) bond motifs is 1. The average molecular weight is 480 g/mol. The molecular formula is C27H30ClN3O3. The summed E-state index contributed by atoms with van der Waals surface area (Å²) in [6.07, 6.45) is 7.98. The van der Waals surface area contributed by atoms with Gasteiger partial charge in [-0.2, -0.15) is 5.26 Å². The maximum absolute atomic E-state index is 13.2. The molecule has 0 radical (unpaired) electrons. The minimum atomic E-state index is -0.710. The van der Waals surface area contributed by atoms with Crippen LogP contribution in [0.4, 0.5) is 0 Å². The number of amides is 1. The Labute approximate surface area is 204 Å². The quantitative estimate of drug-likeness (QED) is 0.472. The molecule has 2 aromatic rings. The summed E-state index contributed by atoms with van der Waals surface area (Å²) in [6, 6.07) is 8.73. The number of aromatic nitrogens is 1. The normalized spacial score (nSPS) is 22.8. The maximum atomic E-state index is 13.2. The molecule has 1 amide bonds. The van der Waals surface area contributed by atoms with Crippen molar-refractivity contribution >= 4 is 40.0 Å². The van der Waals surface area contributed by atoms with Crippen molar-refractivity contribution in [2.75, 3.05) is 0 Å². The molecule has 1 spiro atoms. The van der Waals surface area contributed by atoms with E-state index in [4.69, 9.17) is 11.6 Å². The van der Waals surface area contributed by atoms with Crippen LogP contribution in [0.5, 0.6) is 0 Å². The van der Waals surface area contributed by atoms with Crippen LogP contribution in [0.1, 0.15) is 74.7 Å². The van der Waals surface area contributed by atoms with Gasteiger partial charge in [0.15, 0.2) is 5.78 Å². The minimum Gasteiger partial charge on any atom is -0.351 e. The highest BCUT2D eigenvalue weighted by Gasteiger charge is 2.48. The first kappa shape index (κ1) is 23.1. The Morgan fingerprint density at radius 2 is 2.00 bits per heavy atom. The second kappa shape index (κ2) is 9.19. The van der Waals surface area contributed by atoms with Crippen LogP contribution in [0, 0.1) is 34.5 Å². The molecule has 34 heavy (non-hydrogen) atoms. The average Bonchev–Trinajstić information content (AvgIpc) is 3.73. The third-order valence-electron chi connectivity index (χ3n) is 8.00. The highest BCUT2D eigenvalue weighted by molar-refractivity contribution is 6.35. The van der Waals surface area contributed by atoms with Crippen molar-refractivity contribution in [3.8, 4) is 6.07 Å². The molecule has 7 heteroatoms. The van der Waals surface area contributed by atoms with E-state index in [2.05, 4.69) is 16.4 Å². The monoisotopic (exact) mass is 479 g/mol. The van der Waals surface area contributed by atoms with Crippen LogP contribution in [-0.2, 0) is 9.59 Å². The van der Waals surface area contributed by atoms with Crippen LogP contribution < -0.4 is 5.32 Å². The predicted octanol–water partition coefficient (Wildman–Crippen LogP) is 5.36. The summed E-state index contributed by atoms with van der Waals surface area (Å²) in [5.74, 6) is -0.358. The third-order valence-corrected chi connectivity index (χ3v) is 8.32. The number of nitrogens with zero attached hydrogens (tertiary/aromatic N) is 1. The van der Waals surface area contributed by atoms with E-state index in [-0.39, 0.29) is 35.2 Å². The summed E-state index contributed by atoms with van der Waals surface area (Å²) >= 11 is 6.23. The van der Waals surface area contributed by atoms with Crippen LogP contribution in [0.15, 0.2) is 24.3 Å². The number of hydrogen-bond donors (Lipinski definition) is 2. The molecule has 2 N–H and O–H groups in total. The topological polar surface area (TPSA) is 103 Å². The number of carbonyl (C=O) groups is 3. The van der Waals surface area contributed by atoms with Gasteiger partial charge in [0.2, 0.25) is 5.91 Å². The first-order chi connectivity index (χ1) is 16.4. The van der Waals surface area contributed by atoms with Crippen molar-refractivity contribution < 1.29 is 14.4 Å². The number of rotatable bonds is 9. The van der Waals surface area contributed by atoms with E-state index in [9.17, 15) is 19.6 Å². The highest BCUT2D eigenvalue weighted by Crippen LogP contribution is 2.56. The molecular weight excluding hydrogens is 450 g/mol.